The van der Waals surface area contributed by atoms with Crippen LogP contribution in [0, 0.1) is 5.82 Å². The predicted octanol–water partition coefficient (Wildman–Crippen LogP) is 3.20. The molecule has 1 saturated heterocycles. The highest BCUT2D eigenvalue weighted by Gasteiger charge is 2.31. The van der Waals surface area contributed by atoms with Crippen LogP contribution in [0.4, 0.5) is 4.39 Å². The number of nitrogens with one attached hydrogen (secondary N) is 1. The number of aliphatic hydroxyl groups is 1. The SMILES string of the molecule is CC1(C)CCC[C@@H](C(O)c2cccc(F)c2)N1.Cl. The molecule has 0 aromatic heterocycles. The Bertz CT molecular complexity index is 397. The van der Waals surface area contributed by atoms with Crippen molar-refractivity contribution in [3.05, 3.63) is 35.6 Å². The number of aliphatic hydroxyl groups excluding tert-OH is 1. The lowest BCUT2D eigenvalue weighted by Crippen LogP contribution is -2.51. The van der Waals surface area contributed by atoms with Crippen molar-refractivity contribution < 1.29 is 9.50 Å². The molecule has 102 valence electrons. The molecule has 1 aliphatic heterocycles. The van der Waals surface area contributed by atoms with Crippen LogP contribution in [0.1, 0.15) is 44.8 Å². The molecule has 1 aromatic carbocycles. The van der Waals surface area contributed by atoms with Gasteiger partial charge in [0.2, 0.25) is 0 Å². The van der Waals surface area contributed by atoms with Crippen LogP contribution in [0.15, 0.2) is 24.3 Å². The van der Waals surface area contributed by atoms with Gasteiger partial charge in [0.1, 0.15) is 5.82 Å². The summed E-state index contributed by atoms with van der Waals surface area (Å²) in [6, 6.07) is 6.24. The summed E-state index contributed by atoms with van der Waals surface area (Å²) in [6.07, 6.45) is 2.50. The van der Waals surface area contributed by atoms with Crippen LogP contribution in [0.3, 0.4) is 0 Å². The Morgan fingerprint density at radius 2 is 2.17 bits per heavy atom. The molecule has 0 aliphatic carbocycles. The summed E-state index contributed by atoms with van der Waals surface area (Å²) in [5.41, 5.74) is 0.706. The van der Waals surface area contributed by atoms with Crippen molar-refractivity contribution in [3.8, 4) is 0 Å². The summed E-state index contributed by atoms with van der Waals surface area (Å²) in [5.74, 6) is -0.295. The van der Waals surface area contributed by atoms with E-state index >= 15 is 0 Å². The quantitative estimate of drug-likeness (QED) is 0.867. The molecular weight excluding hydrogens is 253 g/mol. The number of rotatable bonds is 2. The lowest BCUT2D eigenvalue weighted by atomic mass is 9.85. The molecule has 1 aromatic rings. The minimum atomic E-state index is -0.634. The highest BCUT2D eigenvalue weighted by atomic mass is 35.5. The first-order chi connectivity index (χ1) is 7.98. The summed E-state index contributed by atoms with van der Waals surface area (Å²) < 4.78 is 13.1. The van der Waals surface area contributed by atoms with Gasteiger partial charge in [-0.2, -0.15) is 0 Å². The zero-order valence-corrected chi connectivity index (χ0v) is 11.6. The Balaban J connectivity index is 0.00000162. The Labute approximate surface area is 114 Å². The van der Waals surface area contributed by atoms with Gasteiger partial charge in [-0.1, -0.05) is 12.1 Å². The average molecular weight is 274 g/mol. The standard InChI is InChI=1S/C14H20FNO.ClH/c1-14(2)8-4-7-12(16-14)13(17)10-5-3-6-11(15)9-10;/h3,5-6,9,12-13,16-17H,4,7-8H2,1-2H3;1H/t12-,13?;/m0./s1. The Hall–Kier alpha value is -0.640. The third-order valence-corrected chi connectivity index (χ3v) is 3.46. The minimum absolute atomic E-state index is 0. The van der Waals surface area contributed by atoms with E-state index in [1.54, 1.807) is 12.1 Å². The first-order valence-corrected chi connectivity index (χ1v) is 6.19. The molecule has 2 rings (SSSR count). The van der Waals surface area contributed by atoms with Crippen LogP contribution in [0.2, 0.25) is 0 Å². The van der Waals surface area contributed by atoms with Gasteiger partial charge in [0.25, 0.3) is 0 Å². The molecule has 1 unspecified atom stereocenters. The van der Waals surface area contributed by atoms with Gasteiger partial charge in [-0.3, -0.25) is 0 Å². The monoisotopic (exact) mass is 273 g/mol. The molecule has 1 fully saturated rings. The molecule has 2 nitrogen and oxygen atoms in total. The molecule has 0 spiro atoms. The maximum Gasteiger partial charge on any atom is 0.123 e. The van der Waals surface area contributed by atoms with E-state index in [1.165, 1.54) is 12.1 Å². The topological polar surface area (TPSA) is 32.3 Å². The van der Waals surface area contributed by atoms with Crippen LogP contribution in [-0.4, -0.2) is 16.7 Å². The Morgan fingerprint density at radius 1 is 1.44 bits per heavy atom. The number of piperidine rings is 1. The lowest BCUT2D eigenvalue weighted by Gasteiger charge is -2.39. The van der Waals surface area contributed by atoms with Gasteiger partial charge < -0.3 is 10.4 Å². The van der Waals surface area contributed by atoms with E-state index < -0.39 is 6.10 Å². The smallest absolute Gasteiger partial charge is 0.123 e. The van der Waals surface area contributed by atoms with Crippen molar-refractivity contribution in [2.45, 2.75) is 50.8 Å². The van der Waals surface area contributed by atoms with E-state index in [4.69, 9.17) is 0 Å². The first-order valence-electron chi connectivity index (χ1n) is 6.19. The van der Waals surface area contributed by atoms with Crippen molar-refractivity contribution in [2.75, 3.05) is 0 Å². The van der Waals surface area contributed by atoms with Gasteiger partial charge in [0, 0.05) is 11.6 Å². The van der Waals surface area contributed by atoms with Crippen LogP contribution in [0.5, 0.6) is 0 Å². The fourth-order valence-corrected chi connectivity index (χ4v) is 2.57. The van der Waals surface area contributed by atoms with Gasteiger partial charge in [-0.05, 0) is 50.8 Å². The van der Waals surface area contributed by atoms with E-state index in [9.17, 15) is 9.50 Å². The van der Waals surface area contributed by atoms with Crippen LogP contribution < -0.4 is 5.32 Å². The Morgan fingerprint density at radius 3 is 2.78 bits per heavy atom. The summed E-state index contributed by atoms with van der Waals surface area (Å²) in [4.78, 5) is 0. The maximum absolute atomic E-state index is 13.1. The molecule has 2 N–H and O–H groups in total. The fraction of sp³-hybridized carbons (Fsp3) is 0.571. The fourth-order valence-electron chi connectivity index (χ4n) is 2.57. The lowest BCUT2D eigenvalue weighted by molar-refractivity contribution is 0.0842. The summed E-state index contributed by atoms with van der Waals surface area (Å²) in [5, 5.41) is 13.7. The van der Waals surface area contributed by atoms with Gasteiger partial charge in [0.05, 0.1) is 6.10 Å². The molecule has 0 bridgehead atoms. The van der Waals surface area contributed by atoms with E-state index in [1.807, 2.05) is 0 Å². The second kappa shape index (κ2) is 6.00. The molecular formula is C14H21ClFNO. The first kappa shape index (κ1) is 15.4. The van der Waals surface area contributed by atoms with Crippen LogP contribution >= 0.6 is 12.4 Å². The van der Waals surface area contributed by atoms with Crippen molar-refractivity contribution in [1.29, 1.82) is 0 Å². The van der Waals surface area contributed by atoms with Crippen molar-refractivity contribution in [2.24, 2.45) is 0 Å². The van der Waals surface area contributed by atoms with E-state index in [0.29, 0.717) is 5.56 Å². The van der Waals surface area contributed by atoms with Crippen molar-refractivity contribution in [1.82, 2.24) is 5.32 Å². The normalized spacial score (nSPS) is 24.1. The van der Waals surface area contributed by atoms with Crippen LogP contribution in [0.25, 0.3) is 0 Å². The number of benzene rings is 1. The van der Waals surface area contributed by atoms with E-state index in [0.717, 1.165) is 19.3 Å². The molecule has 0 radical (unpaired) electrons. The third kappa shape index (κ3) is 3.67. The summed E-state index contributed by atoms with van der Waals surface area (Å²) in [7, 11) is 0. The minimum Gasteiger partial charge on any atom is -0.387 e. The molecule has 2 atom stereocenters. The highest BCUT2D eigenvalue weighted by Crippen LogP contribution is 2.29. The number of hydrogen-bond donors (Lipinski definition) is 2. The largest absolute Gasteiger partial charge is 0.387 e. The average Bonchev–Trinajstić information content (AvgIpc) is 2.26. The van der Waals surface area contributed by atoms with Gasteiger partial charge in [-0.15, -0.1) is 12.4 Å². The molecule has 18 heavy (non-hydrogen) atoms. The number of hydrogen-bond acceptors (Lipinski definition) is 2. The summed E-state index contributed by atoms with van der Waals surface area (Å²) in [6.45, 7) is 4.27. The zero-order valence-electron chi connectivity index (χ0n) is 10.8. The van der Waals surface area contributed by atoms with Crippen LogP contribution in [-0.2, 0) is 0 Å². The zero-order chi connectivity index (χ0) is 12.5. The van der Waals surface area contributed by atoms with Crippen molar-refractivity contribution in [3.63, 3.8) is 0 Å². The van der Waals surface area contributed by atoms with E-state index in [-0.39, 0.29) is 29.8 Å². The Kier molecular flexibility index (Phi) is 5.14. The van der Waals surface area contributed by atoms with E-state index in [2.05, 4.69) is 19.2 Å². The van der Waals surface area contributed by atoms with Gasteiger partial charge in [-0.25, -0.2) is 4.39 Å². The van der Waals surface area contributed by atoms with Crippen molar-refractivity contribution >= 4 is 12.4 Å². The second-order valence-corrected chi connectivity index (χ2v) is 5.53. The highest BCUT2D eigenvalue weighted by molar-refractivity contribution is 5.85. The number of halogens is 2. The van der Waals surface area contributed by atoms with Gasteiger partial charge in [0.15, 0.2) is 0 Å². The third-order valence-electron chi connectivity index (χ3n) is 3.46. The maximum atomic E-state index is 13.1. The molecule has 1 heterocycles. The summed E-state index contributed by atoms with van der Waals surface area (Å²) >= 11 is 0. The van der Waals surface area contributed by atoms with Gasteiger partial charge >= 0.3 is 0 Å². The molecule has 0 saturated carbocycles. The molecule has 0 amide bonds. The molecule has 1 aliphatic rings. The predicted molar refractivity (Wildman–Crippen MR) is 73.5 cm³/mol. The second-order valence-electron chi connectivity index (χ2n) is 5.53. The molecule has 4 heteroatoms.